The summed E-state index contributed by atoms with van der Waals surface area (Å²) in [7, 11) is 0. The smallest absolute Gasteiger partial charge is 0.303 e. The number of hydrogen-bond donors (Lipinski definition) is 9. The second kappa shape index (κ2) is 15.3. The van der Waals surface area contributed by atoms with Gasteiger partial charge in [0.25, 0.3) is 0 Å². The Balaban J connectivity index is 1.38. The van der Waals surface area contributed by atoms with Gasteiger partial charge in [-0.3, -0.25) is 9.59 Å². The summed E-state index contributed by atoms with van der Waals surface area (Å²) in [4.78, 5) is 26.2. The first kappa shape index (κ1) is 38.6. The maximum absolute atomic E-state index is 14.2. The van der Waals surface area contributed by atoms with Gasteiger partial charge in [-0.1, -0.05) is 0 Å². The zero-order valence-corrected chi connectivity index (χ0v) is 28.4. The number of hydrogen-bond acceptors (Lipinski definition) is 19. The van der Waals surface area contributed by atoms with Crippen molar-refractivity contribution in [1.29, 1.82) is 0 Å². The van der Waals surface area contributed by atoms with E-state index >= 15 is 0 Å². The largest absolute Gasteiger partial charge is 0.508 e. The van der Waals surface area contributed by atoms with E-state index in [4.69, 9.17) is 37.6 Å². The van der Waals surface area contributed by atoms with Crippen LogP contribution in [0.1, 0.15) is 20.8 Å². The molecular formula is C34H40O19. The van der Waals surface area contributed by atoms with Crippen LogP contribution in [0, 0.1) is 0 Å². The molecule has 19 heteroatoms. The molecule has 0 spiro atoms. The zero-order chi connectivity index (χ0) is 38.5. The number of fused-ring (bicyclic) bond motifs is 1. The van der Waals surface area contributed by atoms with Gasteiger partial charge in [0.1, 0.15) is 77.0 Å². The SMILES string of the molecule is CC(=O)O[C@H]1C(C)O[C@H](Oc2c(-c3ccc(O)cc3)oc3cc(O[C@@H]4OC(C)[C@H](O)[C@H](O)C4O)cc(O)c3c2=O)[C@@H](O)C1O[C@@H]1OC[C@@H](O)[C@H](O)C1O. The van der Waals surface area contributed by atoms with E-state index in [1.54, 1.807) is 0 Å². The molecule has 3 aliphatic rings. The minimum atomic E-state index is -1.90. The number of carbonyl (C=O) groups excluding carboxylic acids is 1. The molecule has 0 aliphatic carbocycles. The first-order valence-electron chi connectivity index (χ1n) is 16.5. The van der Waals surface area contributed by atoms with E-state index in [0.29, 0.717) is 0 Å². The summed E-state index contributed by atoms with van der Waals surface area (Å²) < 4.78 is 45.5. The third-order valence-electron chi connectivity index (χ3n) is 9.13. The van der Waals surface area contributed by atoms with Crippen LogP contribution >= 0.6 is 0 Å². The third-order valence-corrected chi connectivity index (χ3v) is 9.13. The maximum atomic E-state index is 14.2. The van der Waals surface area contributed by atoms with Crippen molar-refractivity contribution in [3.05, 3.63) is 46.6 Å². The molecule has 5 unspecified atom stereocenters. The van der Waals surface area contributed by atoms with Gasteiger partial charge >= 0.3 is 5.97 Å². The molecule has 0 saturated carbocycles. The third kappa shape index (κ3) is 7.64. The fourth-order valence-corrected chi connectivity index (χ4v) is 6.25. The van der Waals surface area contributed by atoms with Gasteiger partial charge in [-0.15, -0.1) is 0 Å². The molecule has 53 heavy (non-hydrogen) atoms. The second-order valence-electron chi connectivity index (χ2n) is 13.0. The Labute approximate surface area is 299 Å². The minimum absolute atomic E-state index is 0.138. The number of rotatable bonds is 8. The van der Waals surface area contributed by atoms with Crippen molar-refractivity contribution in [2.45, 2.75) is 107 Å². The van der Waals surface area contributed by atoms with Gasteiger partial charge in [0.05, 0.1) is 18.8 Å². The lowest BCUT2D eigenvalue weighted by Crippen LogP contribution is -2.63. The Bertz CT molecular complexity index is 1830. The van der Waals surface area contributed by atoms with Crippen LogP contribution in [-0.4, -0.2) is 145 Å². The number of aliphatic hydroxyl groups is 7. The number of phenols is 2. The van der Waals surface area contributed by atoms with Crippen LogP contribution < -0.4 is 14.9 Å². The number of aliphatic hydroxyl groups excluding tert-OH is 7. The quantitative estimate of drug-likeness (QED) is 0.116. The molecule has 3 saturated heterocycles. The number of benzene rings is 2. The summed E-state index contributed by atoms with van der Waals surface area (Å²) in [6, 6.07) is 7.50. The highest BCUT2D eigenvalue weighted by Gasteiger charge is 2.51. The topological polar surface area (TPSA) is 294 Å². The Hall–Kier alpha value is -4.12. The van der Waals surface area contributed by atoms with E-state index in [-0.39, 0.29) is 28.4 Å². The molecule has 6 rings (SSSR count). The first-order valence-corrected chi connectivity index (χ1v) is 16.5. The highest BCUT2D eigenvalue weighted by Crippen LogP contribution is 2.39. The molecule has 0 bridgehead atoms. The van der Waals surface area contributed by atoms with Crippen molar-refractivity contribution in [1.82, 2.24) is 0 Å². The van der Waals surface area contributed by atoms with Crippen LogP contribution in [0.3, 0.4) is 0 Å². The standard InChI is InChI=1S/C34H40O19/c1-11-21(39)24(42)26(44)33(47-11)50-16-8-17(37)20-19(9-16)51-29(14-4-6-15(36)7-5-14)30(23(20)41)53-34-27(45)31(28(12(2)48-34)49-13(3)35)52-32-25(43)22(40)18(38)10-46-32/h4-9,11-12,18,21-22,24-28,31-34,36-40,42-45H,10H2,1-3H3/t11?,12?,18-,21+,22+,24+,25?,26?,27+,28+,31?,32+,33+,34-/m1/s1. The van der Waals surface area contributed by atoms with Crippen molar-refractivity contribution < 1.29 is 88.3 Å². The van der Waals surface area contributed by atoms with Gasteiger partial charge in [0, 0.05) is 24.6 Å². The van der Waals surface area contributed by atoms with E-state index in [1.807, 2.05) is 0 Å². The molecule has 3 fully saturated rings. The monoisotopic (exact) mass is 752 g/mol. The van der Waals surface area contributed by atoms with Gasteiger partial charge in [-0.25, -0.2) is 0 Å². The van der Waals surface area contributed by atoms with E-state index < -0.39 is 121 Å². The molecule has 14 atom stereocenters. The van der Waals surface area contributed by atoms with Gasteiger partial charge in [0.15, 0.2) is 18.2 Å². The highest BCUT2D eigenvalue weighted by molar-refractivity contribution is 5.88. The predicted octanol–water partition coefficient (Wildman–Crippen LogP) is -1.68. The number of esters is 1. The van der Waals surface area contributed by atoms with Crippen molar-refractivity contribution in [2.24, 2.45) is 0 Å². The van der Waals surface area contributed by atoms with Crippen LogP contribution in [-0.2, 0) is 28.5 Å². The van der Waals surface area contributed by atoms with Gasteiger partial charge in [-0.2, -0.15) is 0 Å². The average Bonchev–Trinajstić information content (AvgIpc) is 3.10. The van der Waals surface area contributed by atoms with Crippen LogP contribution in [0.2, 0.25) is 0 Å². The second-order valence-corrected chi connectivity index (χ2v) is 13.0. The van der Waals surface area contributed by atoms with Gasteiger partial charge < -0.3 is 83.5 Å². The van der Waals surface area contributed by atoms with Crippen molar-refractivity contribution in [3.8, 4) is 34.3 Å². The molecule has 2 aromatic carbocycles. The number of aromatic hydroxyl groups is 2. The normalized spacial score (nSPS) is 36.2. The van der Waals surface area contributed by atoms with E-state index in [9.17, 15) is 55.5 Å². The van der Waals surface area contributed by atoms with Crippen molar-refractivity contribution in [3.63, 3.8) is 0 Å². The number of phenolic OH excluding ortho intramolecular Hbond substituents is 2. The summed E-state index contributed by atoms with van der Waals surface area (Å²) in [5.74, 6) is -2.68. The van der Waals surface area contributed by atoms with E-state index in [2.05, 4.69) is 0 Å². The summed E-state index contributed by atoms with van der Waals surface area (Å²) in [5.41, 5.74) is -1.08. The van der Waals surface area contributed by atoms with Gasteiger partial charge in [-0.05, 0) is 38.1 Å². The highest BCUT2D eigenvalue weighted by atomic mass is 16.7. The maximum Gasteiger partial charge on any atom is 0.303 e. The van der Waals surface area contributed by atoms with Crippen LogP contribution in [0.4, 0.5) is 0 Å². The van der Waals surface area contributed by atoms with Gasteiger partial charge in [0.2, 0.25) is 23.8 Å². The summed E-state index contributed by atoms with van der Waals surface area (Å²) in [6.07, 6.45) is -21.4. The summed E-state index contributed by atoms with van der Waals surface area (Å²) in [5, 5.41) is 93.3. The summed E-state index contributed by atoms with van der Waals surface area (Å²) >= 11 is 0. The average molecular weight is 753 g/mol. The first-order chi connectivity index (χ1) is 25.0. The molecule has 19 nitrogen and oxygen atoms in total. The molecule has 290 valence electrons. The Morgan fingerprint density at radius 1 is 0.755 bits per heavy atom. The van der Waals surface area contributed by atoms with Crippen LogP contribution in [0.25, 0.3) is 22.3 Å². The van der Waals surface area contributed by atoms with Crippen molar-refractivity contribution >= 4 is 16.9 Å². The lowest BCUT2D eigenvalue weighted by molar-refractivity contribution is -0.336. The lowest BCUT2D eigenvalue weighted by Gasteiger charge is -2.45. The molecule has 4 heterocycles. The Morgan fingerprint density at radius 3 is 2.08 bits per heavy atom. The molecule has 1 aromatic heterocycles. The molecule has 3 aromatic rings. The molecular weight excluding hydrogens is 712 g/mol. The molecule has 0 radical (unpaired) electrons. The Kier molecular flexibility index (Phi) is 11.2. The fourth-order valence-electron chi connectivity index (χ4n) is 6.25. The predicted molar refractivity (Wildman–Crippen MR) is 173 cm³/mol. The fraction of sp³-hybridized carbons (Fsp3) is 0.529. The molecule has 0 amide bonds. The van der Waals surface area contributed by atoms with Crippen LogP contribution in [0.5, 0.6) is 23.0 Å². The van der Waals surface area contributed by atoms with E-state index in [0.717, 1.165) is 13.0 Å². The van der Waals surface area contributed by atoms with Crippen molar-refractivity contribution in [2.75, 3.05) is 6.61 Å². The van der Waals surface area contributed by atoms with Crippen LogP contribution in [0.15, 0.2) is 45.6 Å². The zero-order valence-electron chi connectivity index (χ0n) is 28.4. The summed E-state index contributed by atoms with van der Waals surface area (Å²) in [6.45, 7) is 3.53. The van der Waals surface area contributed by atoms with E-state index in [1.165, 1.54) is 44.2 Å². The number of ether oxygens (including phenoxy) is 7. The Morgan fingerprint density at radius 2 is 1.40 bits per heavy atom. The number of carbonyl (C=O) groups is 1. The minimum Gasteiger partial charge on any atom is -0.508 e. The molecule has 3 aliphatic heterocycles. The molecule has 9 N–H and O–H groups in total. The lowest BCUT2D eigenvalue weighted by atomic mass is 9.98.